The average Bonchev–Trinajstić information content (AvgIpc) is 2.83. The summed E-state index contributed by atoms with van der Waals surface area (Å²) in [6.45, 7) is 3.01. The minimum atomic E-state index is -0.766. The highest BCUT2D eigenvalue weighted by atomic mass is 16.5. The van der Waals surface area contributed by atoms with Crippen molar-refractivity contribution in [3.05, 3.63) is 108 Å². The van der Waals surface area contributed by atoms with E-state index in [9.17, 15) is 9.59 Å². The van der Waals surface area contributed by atoms with Crippen molar-refractivity contribution in [1.82, 2.24) is 10.6 Å². The van der Waals surface area contributed by atoms with Gasteiger partial charge in [0.15, 0.2) is 0 Å². The van der Waals surface area contributed by atoms with E-state index >= 15 is 0 Å². The topological polar surface area (TPSA) is 67.4 Å². The molecule has 3 aromatic rings. The first-order valence-corrected chi connectivity index (χ1v) is 10.5. The summed E-state index contributed by atoms with van der Waals surface area (Å²) in [5, 5.41) is 5.77. The van der Waals surface area contributed by atoms with Crippen molar-refractivity contribution in [2.75, 3.05) is 13.2 Å². The summed E-state index contributed by atoms with van der Waals surface area (Å²) in [4.78, 5) is 25.5. The molecule has 3 rings (SSSR count). The van der Waals surface area contributed by atoms with Crippen LogP contribution in [0, 0.1) is 0 Å². The molecule has 0 fully saturated rings. The van der Waals surface area contributed by atoms with Crippen molar-refractivity contribution in [3.8, 4) is 0 Å². The number of amides is 2. The molecule has 0 radical (unpaired) electrons. The average molecular weight is 417 g/mol. The number of carbonyl (C=O) groups is 2. The van der Waals surface area contributed by atoms with E-state index in [0.717, 1.165) is 11.1 Å². The lowest BCUT2D eigenvalue weighted by Gasteiger charge is -2.19. The fourth-order valence-corrected chi connectivity index (χ4v) is 3.22. The molecule has 31 heavy (non-hydrogen) atoms. The lowest BCUT2D eigenvalue weighted by molar-refractivity contribution is -0.123. The molecule has 160 valence electrons. The highest BCUT2D eigenvalue weighted by molar-refractivity contribution is 5.97. The predicted molar refractivity (Wildman–Crippen MR) is 122 cm³/mol. The van der Waals surface area contributed by atoms with Crippen LogP contribution >= 0.6 is 0 Å². The van der Waals surface area contributed by atoms with Crippen LogP contribution < -0.4 is 10.6 Å². The highest BCUT2D eigenvalue weighted by Gasteiger charge is 2.22. The van der Waals surface area contributed by atoms with Crippen LogP contribution in [0.4, 0.5) is 0 Å². The first-order chi connectivity index (χ1) is 15.1. The van der Waals surface area contributed by atoms with Crippen molar-refractivity contribution in [1.29, 1.82) is 0 Å². The molecule has 0 aliphatic rings. The van der Waals surface area contributed by atoms with Gasteiger partial charge in [-0.25, -0.2) is 0 Å². The van der Waals surface area contributed by atoms with Gasteiger partial charge in [0.1, 0.15) is 6.04 Å². The SMILES string of the molecule is CC(OCCCNC(=O)C(NC(=O)c1ccccc1)c1ccccc1)c1ccccc1. The zero-order valence-corrected chi connectivity index (χ0v) is 17.7. The summed E-state index contributed by atoms with van der Waals surface area (Å²) in [5.41, 5.74) is 2.37. The van der Waals surface area contributed by atoms with Gasteiger partial charge in [0.2, 0.25) is 5.91 Å². The van der Waals surface area contributed by atoms with Crippen LogP contribution in [0.25, 0.3) is 0 Å². The molecule has 0 aromatic heterocycles. The Kier molecular flexibility index (Phi) is 8.38. The highest BCUT2D eigenvalue weighted by Crippen LogP contribution is 2.16. The first kappa shape index (κ1) is 22.2. The van der Waals surface area contributed by atoms with Crippen molar-refractivity contribution in [2.45, 2.75) is 25.5 Å². The van der Waals surface area contributed by atoms with Crippen LogP contribution in [0.3, 0.4) is 0 Å². The molecular weight excluding hydrogens is 388 g/mol. The van der Waals surface area contributed by atoms with Crippen molar-refractivity contribution in [3.63, 3.8) is 0 Å². The van der Waals surface area contributed by atoms with Crippen molar-refractivity contribution in [2.24, 2.45) is 0 Å². The molecule has 0 aliphatic heterocycles. The minimum Gasteiger partial charge on any atom is -0.374 e. The van der Waals surface area contributed by atoms with E-state index in [4.69, 9.17) is 4.74 Å². The number of hydrogen-bond acceptors (Lipinski definition) is 3. The summed E-state index contributed by atoms with van der Waals surface area (Å²) < 4.78 is 5.86. The van der Waals surface area contributed by atoms with Crippen LogP contribution in [0.15, 0.2) is 91.0 Å². The zero-order chi connectivity index (χ0) is 21.9. The van der Waals surface area contributed by atoms with E-state index < -0.39 is 6.04 Å². The van der Waals surface area contributed by atoms with Crippen molar-refractivity contribution >= 4 is 11.8 Å². The second kappa shape index (κ2) is 11.7. The molecule has 0 saturated carbocycles. The largest absolute Gasteiger partial charge is 0.374 e. The molecule has 0 heterocycles. The third kappa shape index (κ3) is 6.79. The Morgan fingerprint density at radius 3 is 1.97 bits per heavy atom. The van der Waals surface area contributed by atoms with E-state index in [0.29, 0.717) is 25.1 Å². The number of nitrogens with one attached hydrogen (secondary N) is 2. The third-order valence-corrected chi connectivity index (χ3v) is 4.96. The smallest absolute Gasteiger partial charge is 0.252 e. The number of benzene rings is 3. The lowest BCUT2D eigenvalue weighted by Crippen LogP contribution is -2.40. The Morgan fingerprint density at radius 2 is 1.35 bits per heavy atom. The normalized spacial score (nSPS) is 12.5. The summed E-state index contributed by atoms with van der Waals surface area (Å²) in [5.74, 6) is -0.531. The Bertz CT molecular complexity index is 946. The van der Waals surface area contributed by atoms with E-state index in [1.165, 1.54) is 0 Å². The number of carbonyl (C=O) groups excluding carboxylic acids is 2. The van der Waals surface area contributed by atoms with E-state index in [1.807, 2.05) is 73.7 Å². The number of hydrogen-bond donors (Lipinski definition) is 2. The van der Waals surface area contributed by atoms with E-state index in [2.05, 4.69) is 10.6 Å². The van der Waals surface area contributed by atoms with Gasteiger partial charge in [0, 0.05) is 18.7 Å². The van der Waals surface area contributed by atoms with Crippen LogP contribution in [0.5, 0.6) is 0 Å². The molecule has 3 aromatic carbocycles. The van der Waals surface area contributed by atoms with Gasteiger partial charge in [-0.3, -0.25) is 9.59 Å². The molecule has 0 aliphatic carbocycles. The van der Waals surface area contributed by atoms with Gasteiger partial charge < -0.3 is 15.4 Å². The Hall–Kier alpha value is -3.44. The first-order valence-electron chi connectivity index (χ1n) is 10.5. The quantitative estimate of drug-likeness (QED) is 0.480. The fraction of sp³-hybridized carbons (Fsp3) is 0.231. The summed E-state index contributed by atoms with van der Waals surface area (Å²) in [6.07, 6.45) is 0.677. The molecule has 5 nitrogen and oxygen atoms in total. The third-order valence-electron chi connectivity index (χ3n) is 4.96. The Balaban J connectivity index is 1.52. The van der Waals surface area contributed by atoms with Gasteiger partial charge in [-0.15, -0.1) is 0 Å². The molecule has 5 heteroatoms. The van der Waals surface area contributed by atoms with Crippen LogP contribution in [0.1, 0.15) is 47.0 Å². The van der Waals surface area contributed by atoms with Crippen LogP contribution in [-0.4, -0.2) is 25.0 Å². The summed E-state index contributed by atoms with van der Waals surface area (Å²) in [6, 6.07) is 27.4. The van der Waals surface area contributed by atoms with Gasteiger partial charge in [-0.1, -0.05) is 78.9 Å². The molecule has 0 spiro atoms. The summed E-state index contributed by atoms with van der Waals surface area (Å²) >= 11 is 0. The molecule has 2 amide bonds. The van der Waals surface area contributed by atoms with Gasteiger partial charge in [-0.2, -0.15) is 0 Å². The standard InChI is InChI=1S/C26H28N2O3/c1-20(21-12-5-2-6-13-21)31-19-11-18-27-26(30)24(22-14-7-3-8-15-22)28-25(29)23-16-9-4-10-17-23/h2-10,12-17,20,24H,11,18-19H2,1H3,(H,27,30)(H,28,29). The number of ether oxygens (including phenoxy) is 1. The minimum absolute atomic E-state index is 0.000806. The predicted octanol–water partition coefficient (Wildman–Crippen LogP) is 4.44. The second-order valence-corrected chi connectivity index (χ2v) is 7.25. The second-order valence-electron chi connectivity index (χ2n) is 7.25. The summed E-state index contributed by atoms with van der Waals surface area (Å²) in [7, 11) is 0. The maximum absolute atomic E-state index is 12.9. The van der Waals surface area contributed by atoms with Crippen molar-refractivity contribution < 1.29 is 14.3 Å². The van der Waals surface area contributed by atoms with Gasteiger partial charge in [0.05, 0.1) is 6.10 Å². The lowest BCUT2D eigenvalue weighted by atomic mass is 10.1. The maximum atomic E-state index is 12.9. The Morgan fingerprint density at radius 1 is 0.806 bits per heavy atom. The molecule has 0 saturated heterocycles. The molecule has 2 atom stereocenters. The molecule has 0 bridgehead atoms. The number of rotatable bonds is 10. The molecule has 2 unspecified atom stereocenters. The van der Waals surface area contributed by atoms with Gasteiger partial charge >= 0.3 is 0 Å². The Labute approximate surface area is 183 Å². The fourth-order valence-electron chi connectivity index (χ4n) is 3.22. The zero-order valence-electron chi connectivity index (χ0n) is 17.7. The molecule has 2 N–H and O–H groups in total. The van der Waals surface area contributed by atoms with E-state index in [-0.39, 0.29) is 17.9 Å². The van der Waals surface area contributed by atoms with Gasteiger partial charge in [0.25, 0.3) is 5.91 Å². The van der Waals surface area contributed by atoms with Crippen LogP contribution in [-0.2, 0) is 9.53 Å². The van der Waals surface area contributed by atoms with Gasteiger partial charge in [-0.05, 0) is 36.6 Å². The van der Waals surface area contributed by atoms with E-state index in [1.54, 1.807) is 24.3 Å². The van der Waals surface area contributed by atoms with Crippen LogP contribution in [0.2, 0.25) is 0 Å². The monoisotopic (exact) mass is 416 g/mol. The molecular formula is C26H28N2O3. The maximum Gasteiger partial charge on any atom is 0.252 e.